The van der Waals surface area contributed by atoms with Gasteiger partial charge in [-0.3, -0.25) is 9.59 Å². The highest BCUT2D eigenvalue weighted by atomic mass is 16.5. The van der Waals surface area contributed by atoms with Crippen molar-refractivity contribution in [3.63, 3.8) is 0 Å². The number of ether oxygens (including phenoxy) is 1. The Balaban J connectivity index is 2.89. The molecule has 0 unspecified atom stereocenters. The lowest BCUT2D eigenvalue weighted by Gasteiger charge is -2.16. The van der Waals surface area contributed by atoms with E-state index in [-0.39, 0.29) is 12.0 Å². The van der Waals surface area contributed by atoms with Crippen molar-refractivity contribution < 1.29 is 14.3 Å². The summed E-state index contributed by atoms with van der Waals surface area (Å²) in [5, 5.41) is 0. The molecule has 1 rings (SSSR count). The number of primary amides is 1. The van der Waals surface area contributed by atoms with Gasteiger partial charge in [0.2, 0.25) is 5.91 Å². The number of carbonyl (C=O) groups is 2. The van der Waals surface area contributed by atoms with Crippen molar-refractivity contribution in [2.75, 3.05) is 6.61 Å². The fraction of sp³-hybridized carbons (Fsp3) is 0.800. The SMILES string of the molecule is CCOC(=O)[C@@]1(C(N)=O)C[C@@]1(C)CC. The molecule has 1 amide bonds. The van der Waals surface area contributed by atoms with Crippen LogP contribution in [0.25, 0.3) is 0 Å². The van der Waals surface area contributed by atoms with E-state index in [1.54, 1.807) is 6.92 Å². The Hall–Kier alpha value is -1.06. The molecule has 2 atom stereocenters. The standard InChI is InChI=1S/C10H17NO3/c1-4-9(3)6-10(9,7(11)12)8(13)14-5-2/h4-6H2,1-3H3,(H2,11,12)/t9-,10+/m1/s1. The Labute approximate surface area is 83.8 Å². The van der Waals surface area contributed by atoms with Gasteiger partial charge < -0.3 is 10.5 Å². The van der Waals surface area contributed by atoms with Gasteiger partial charge >= 0.3 is 5.97 Å². The monoisotopic (exact) mass is 199 g/mol. The molecule has 0 aromatic carbocycles. The minimum Gasteiger partial charge on any atom is -0.465 e. The first-order valence-electron chi connectivity index (χ1n) is 4.91. The van der Waals surface area contributed by atoms with Gasteiger partial charge in [0.05, 0.1) is 6.61 Å². The van der Waals surface area contributed by atoms with Crippen LogP contribution in [0.1, 0.15) is 33.6 Å². The van der Waals surface area contributed by atoms with Crippen molar-refractivity contribution in [1.29, 1.82) is 0 Å². The molecule has 14 heavy (non-hydrogen) atoms. The van der Waals surface area contributed by atoms with E-state index in [9.17, 15) is 9.59 Å². The van der Waals surface area contributed by atoms with Crippen molar-refractivity contribution in [3.05, 3.63) is 0 Å². The van der Waals surface area contributed by atoms with Gasteiger partial charge in [-0.2, -0.15) is 0 Å². The Morgan fingerprint density at radius 1 is 1.43 bits per heavy atom. The molecular formula is C10H17NO3. The second kappa shape index (κ2) is 3.26. The normalized spacial score (nSPS) is 35.1. The van der Waals surface area contributed by atoms with E-state index in [2.05, 4.69) is 0 Å². The molecule has 1 aliphatic rings. The molecule has 0 aromatic heterocycles. The topological polar surface area (TPSA) is 69.4 Å². The second-order valence-corrected chi connectivity index (χ2v) is 4.08. The lowest BCUT2D eigenvalue weighted by molar-refractivity contribution is -0.155. The maximum absolute atomic E-state index is 11.6. The summed E-state index contributed by atoms with van der Waals surface area (Å²) in [5.41, 5.74) is 3.92. The van der Waals surface area contributed by atoms with Crippen LogP contribution in [-0.2, 0) is 14.3 Å². The smallest absolute Gasteiger partial charge is 0.322 e. The molecule has 2 N–H and O–H groups in total. The van der Waals surface area contributed by atoms with E-state index in [0.29, 0.717) is 6.42 Å². The molecule has 0 radical (unpaired) electrons. The van der Waals surface area contributed by atoms with Crippen LogP contribution in [0.5, 0.6) is 0 Å². The third-order valence-electron chi connectivity index (χ3n) is 3.39. The van der Waals surface area contributed by atoms with E-state index < -0.39 is 17.3 Å². The first-order chi connectivity index (χ1) is 6.44. The van der Waals surface area contributed by atoms with Gasteiger partial charge in [-0.25, -0.2) is 0 Å². The highest BCUT2D eigenvalue weighted by Crippen LogP contribution is 2.66. The largest absolute Gasteiger partial charge is 0.465 e. The first kappa shape index (κ1) is 11.0. The number of amides is 1. The summed E-state index contributed by atoms with van der Waals surface area (Å²) in [4.78, 5) is 22.9. The predicted molar refractivity (Wildman–Crippen MR) is 51.3 cm³/mol. The van der Waals surface area contributed by atoms with Gasteiger partial charge in [-0.15, -0.1) is 0 Å². The predicted octanol–water partition coefficient (Wildman–Crippen LogP) is 0.841. The molecule has 0 aliphatic heterocycles. The molecule has 1 fully saturated rings. The zero-order valence-corrected chi connectivity index (χ0v) is 8.92. The fourth-order valence-corrected chi connectivity index (χ4v) is 2.03. The summed E-state index contributed by atoms with van der Waals surface area (Å²) in [6.07, 6.45) is 1.28. The number of carbonyl (C=O) groups excluding carboxylic acids is 2. The van der Waals surface area contributed by atoms with Crippen LogP contribution < -0.4 is 5.73 Å². The molecule has 1 aliphatic carbocycles. The van der Waals surface area contributed by atoms with E-state index in [1.165, 1.54) is 0 Å². The van der Waals surface area contributed by atoms with Crippen LogP contribution in [0.4, 0.5) is 0 Å². The third-order valence-corrected chi connectivity index (χ3v) is 3.39. The molecule has 1 saturated carbocycles. The Bertz CT molecular complexity index is 277. The Morgan fingerprint density at radius 2 is 2.00 bits per heavy atom. The number of rotatable bonds is 4. The molecular weight excluding hydrogens is 182 g/mol. The maximum atomic E-state index is 11.6. The number of nitrogens with two attached hydrogens (primary N) is 1. The molecule has 0 saturated heterocycles. The molecule has 4 nitrogen and oxygen atoms in total. The lowest BCUT2D eigenvalue weighted by atomic mass is 9.91. The van der Waals surface area contributed by atoms with Crippen LogP contribution >= 0.6 is 0 Å². The zero-order chi connectivity index (χ0) is 11.0. The van der Waals surface area contributed by atoms with Crippen LogP contribution in [0, 0.1) is 10.8 Å². The quantitative estimate of drug-likeness (QED) is 0.539. The highest BCUT2D eigenvalue weighted by Gasteiger charge is 2.73. The molecule has 4 heteroatoms. The van der Waals surface area contributed by atoms with E-state index in [0.717, 1.165) is 6.42 Å². The lowest BCUT2D eigenvalue weighted by Crippen LogP contribution is -2.37. The molecule has 80 valence electrons. The van der Waals surface area contributed by atoms with E-state index in [4.69, 9.17) is 10.5 Å². The van der Waals surface area contributed by atoms with Gasteiger partial charge in [-0.05, 0) is 25.2 Å². The van der Waals surface area contributed by atoms with Gasteiger partial charge in [0.25, 0.3) is 0 Å². The maximum Gasteiger partial charge on any atom is 0.322 e. The average Bonchev–Trinajstić information content (AvgIpc) is 2.75. The highest BCUT2D eigenvalue weighted by molar-refractivity contribution is 6.06. The van der Waals surface area contributed by atoms with Gasteiger partial charge in [-0.1, -0.05) is 13.8 Å². The molecule has 0 bridgehead atoms. The summed E-state index contributed by atoms with van der Waals surface area (Å²) >= 11 is 0. The minimum atomic E-state index is -1.06. The van der Waals surface area contributed by atoms with Crippen LogP contribution in [0.2, 0.25) is 0 Å². The first-order valence-corrected chi connectivity index (χ1v) is 4.91. The van der Waals surface area contributed by atoms with Crippen LogP contribution in [0.3, 0.4) is 0 Å². The Morgan fingerprint density at radius 3 is 2.29 bits per heavy atom. The summed E-state index contributed by atoms with van der Waals surface area (Å²) in [6.45, 7) is 5.85. The Kier molecular flexibility index (Phi) is 2.56. The number of esters is 1. The van der Waals surface area contributed by atoms with Crippen molar-refractivity contribution in [3.8, 4) is 0 Å². The van der Waals surface area contributed by atoms with Crippen molar-refractivity contribution in [1.82, 2.24) is 0 Å². The summed E-state index contributed by atoms with van der Waals surface area (Å²) in [6, 6.07) is 0. The van der Waals surface area contributed by atoms with Crippen molar-refractivity contribution in [2.24, 2.45) is 16.6 Å². The fourth-order valence-electron chi connectivity index (χ4n) is 2.03. The van der Waals surface area contributed by atoms with Crippen molar-refractivity contribution in [2.45, 2.75) is 33.6 Å². The molecule has 0 aromatic rings. The summed E-state index contributed by atoms with van der Waals surface area (Å²) < 4.78 is 4.89. The molecule has 0 spiro atoms. The number of hydrogen-bond acceptors (Lipinski definition) is 3. The average molecular weight is 199 g/mol. The van der Waals surface area contributed by atoms with Gasteiger partial charge in [0.1, 0.15) is 0 Å². The zero-order valence-electron chi connectivity index (χ0n) is 8.92. The summed E-state index contributed by atoms with van der Waals surface area (Å²) in [5.74, 6) is -1.02. The van der Waals surface area contributed by atoms with E-state index >= 15 is 0 Å². The van der Waals surface area contributed by atoms with Crippen LogP contribution in [-0.4, -0.2) is 18.5 Å². The van der Waals surface area contributed by atoms with Gasteiger partial charge in [0, 0.05) is 0 Å². The summed E-state index contributed by atoms with van der Waals surface area (Å²) in [7, 11) is 0. The minimum absolute atomic E-state index is 0.285. The number of hydrogen-bond donors (Lipinski definition) is 1. The van der Waals surface area contributed by atoms with E-state index in [1.807, 2.05) is 13.8 Å². The molecule has 0 heterocycles. The van der Waals surface area contributed by atoms with Crippen molar-refractivity contribution >= 4 is 11.9 Å². The van der Waals surface area contributed by atoms with Crippen LogP contribution in [0.15, 0.2) is 0 Å². The third kappa shape index (κ3) is 1.21. The second-order valence-electron chi connectivity index (χ2n) is 4.08. The van der Waals surface area contributed by atoms with Gasteiger partial charge in [0.15, 0.2) is 5.41 Å².